The number of likely N-dealkylation sites (tertiary alicyclic amines) is 1. The van der Waals surface area contributed by atoms with Gasteiger partial charge in [-0.05, 0) is 25.7 Å². The van der Waals surface area contributed by atoms with Gasteiger partial charge in [0.15, 0.2) is 5.82 Å². The molecule has 1 saturated carbocycles. The lowest BCUT2D eigenvalue weighted by atomic mass is 10.2. The van der Waals surface area contributed by atoms with Crippen LogP contribution in [0.15, 0.2) is 0 Å². The molecule has 0 aromatic carbocycles. The van der Waals surface area contributed by atoms with Gasteiger partial charge in [0, 0.05) is 39.0 Å². The zero-order valence-corrected chi connectivity index (χ0v) is 15.3. The molecule has 138 valence electrons. The molecule has 2 heterocycles. The SMILES string of the molecule is CC[C@@H](C(N)=O)N1CC[C@H](N(Cc2nnc(C3CC3)n2C)C(C)=O)C1. The van der Waals surface area contributed by atoms with Crippen LogP contribution in [0, 0.1) is 0 Å². The van der Waals surface area contributed by atoms with Gasteiger partial charge in [-0.25, -0.2) is 0 Å². The van der Waals surface area contributed by atoms with E-state index in [9.17, 15) is 9.59 Å². The van der Waals surface area contributed by atoms with Crippen molar-refractivity contribution in [3.63, 3.8) is 0 Å². The number of rotatable bonds is 7. The Morgan fingerprint density at radius 2 is 2.04 bits per heavy atom. The fraction of sp³-hybridized carbons (Fsp3) is 0.765. The predicted molar refractivity (Wildman–Crippen MR) is 92.5 cm³/mol. The summed E-state index contributed by atoms with van der Waals surface area (Å²) in [5.74, 6) is 2.10. The molecule has 2 amide bonds. The van der Waals surface area contributed by atoms with E-state index >= 15 is 0 Å². The molecule has 0 radical (unpaired) electrons. The van der Waals surface area contributed by atoms with E-state index in [0.717, 1.165) is 24.6 Å². The summed E-state index contributed by atoms with van der Waals surface area (Å²) in [7, 11) is 1.97. The van der Waals surface area contributed by atoms with Crippen molar-refractivity contribution in [3.05, 3.63) is 11.6 Å². The first-order valence-corrected chi connectivity index (χ1v) is 9.11. The number of amides is 2. The van der Waals surface area contributed by atoms with Crippen molar-refractivity contribution in [2.75, 3.05) is 13.1 Å². The third-order valence-corrected chi connectivity index (χ3v) is 5.45. The van der Waals surface area contributed by atoms with E-state index in [1.165, 1.54) is 12.8 Å². The first-order valence-electron chi connectivity index (χ1n) is 9.11. The summed E-state index contributed by atoms with van der Waals surface area (Å²) in [4.78, 5) is 27.8. The van der Waals surface area contributed by atoms with E-state index in [4.69, 9.17) is 5.73 Å². The highest BCUT2D eigenvalue weighted by molar-refractivity contribution is 5.79. The van der Waals surface area contributed by atoms with Crippen LogP contribution in [-0.2, 0) is 23.2 Å². The van der Waals surface area contributed by atoms with E-state index < -0.39 is 0 Å². The highest BCUT2D eigenvalue weighted by Gasteiger charge is 2.35. The van der Waals surface area contributed by atoms with Gasteiger partial charge in [0.05, 0.1) is 12.6 Å². The van der Waals surface area contributed by atoms with Crippen LogP contribution >= 0.6 is 0 Å². The lowest BCUT2D eigenvalue weighted by Gasteiger charge is -2.29. The summed E-state index contributed by atoms with van der Waals surface area (Å²) in [5, 5.41) is 8.60. The molecule has 2 atom stereocenters. The Balaban J connectivity index is 1.70. The van der Waals surface area contributed by atoms with Gasteiger partial charge in [-0.1, -0.05) is 6.92 Å². The Bertz CT molecular complexity index is 654. The fourth-order valence-corrected chi connectivity index (χ4v) is 3.80. The summed E-state index contributed by atoms with van der Waals surface area (Å²) in [6.45, 7) is 5.46. The fourth-order valence-electron chi connectivity index (χ4n) is 3.80. The van der Waals surface area contributed by atoms with E-state index in [2.05, 4.69) is 15.1 Å². The molecule has 0 unspecified atom stereocenters. The number of nitrogens with two attached hydrogens (primary N) is 1. The van der Waals surface area contributed by atoms with Crippen molar-refractivity contribution in [3.8, 4) is 0 Å². The minimum Gasteiger partial charge on any atom is -0.368 e. The minimum absolute atomic E-state index is 0.0231. The molecule has 1 aromatic heterocycles. The third kappa shape index (κ3) is 3.68. The Morgan fingerprint density at radius 3 is 2.60 bits per heavy atom. The van der Waals surface area contributed by atoms with Gasteiger partial charge in [-0.15, -0.1) is 10.2 Å². The van der Waals surface area contributed by atoms with Crippen LogP contribution < -0.4 is 5.73 Å². The van der Waals surface area contributed by atoms with Crippen molar-refractivity contribution in [1.82, 2.24) is 24.6 Å². The lowest BCUT2D eigenvalue weighted by Crippen LogP contribution is -2.46. The number of hydrogen-bond donors (Lipinski definition) is 1. The summed E-state index contributed by atoms with van der Waals surface area (Å²) < 4.78 is 2.03. The Labute approximate surface area is 148 Å². The van der Waals surface area contributed by atoms with Crippen LogP contribution in [0.3, 0.4) is 0 Å². The van der Waals surface area contributed by atoms with Crippen LogP contribution in [0.25, 0.3) is 0 Å². The first kappa shape index (κ1) is 17.8. The lowest BCUT2D eigenvalue weighted by molar-refractivity contribution is -0.131. The molecular formula is C17H28N6O2. The largest absolute Gasteiger partial charge is 0.368 e. The molecule has 0 bridgehead atoms. The number of aromatic nitrogens is 3. The maximum absolute atomic E-state index is 12.2. The van der Waals surface area contributed by atoms with E-state index in [1.54, 1.807) is 6.92 Å². The zero-order valence-electron chi connectivity index (χ0n) is 15.3. The third-order valence-electron chi connectivity index (χ3n) is 5.45. The Hall–Kier alpha value is -1.96. The van der Waals surface area contributed by atoms with Crippen molar-refractivity contribution in [1.29, 1.82) is 0 Å². The zero-order chi connectivity index (χ0) is 18.1. The van der Waals surface area contributed by atoms with Gasteiger partial charge in [-0.3, -0.25) is 14.5 Å². The second-order valence-electron chi connectivity index (χ2n) is 7.22. The van der Waals surface area contributed by atoms with Gasteiger partial charge in [0.1, 0.15) is 5.82 Å². The molecule has 2 aliphatic rings. The molecular weight excluding hydrogens is 320 g/mol. The maximum atomic E-state index is 12.2. The highest BCUT2D eigenvalue weighted by Crippen LogP contribution is 2.38. The summed E-state index contributed by atoms with van der Waals surface area (Å²) in [5.41, 5.74) is 5.51. The maximum Gasteiger partial charge on any atom is 0.234 e. The predicted octanol–water partition coefficient (Wildman–Crippen LogP) is 0.379. The van der Waals surface area contributed by atoms with Crippen LogP contribution in [0.5, 0.6) is 0 Å². The second kappa shape index (κ2) is 7.11. The van der Waals surface area contributed by atoms with Gasteiger partial charge >= 0.3 is 0 Å². The first-order chi connectivity index (χ1) is 11.9. The van der Waals surface area contributed by atoms with Crippen LogP contribution in [0.1, 0.15) is 57.1 Å². The highest BCUT2D eigenvalue weighted by atomic mass is 16.2. The van der Waals surface area contributed by atoms with Crippen LogP contribution in [0.4, 0.5) is 0 Å². The van der Waals surface area contributed by atoms with Crippen molar-refractivity contribution < 1.29 is 9.59 Å². The summed E-state index contributed by atoms with van der Waals surface area (Å²) >= 11 is 0. The Morgan fingerprint density at radius 1 is 1.32 bits per heavy atom. The van der Waals surface area contributed by atoms with Crippen molar-refractivity contribution in [2.45, 2.75) is 64.1 Å². The normalized spacial score (nSPS) is 22.1. The molecule has 1 aliphatic carbocycles. The molecule has 8 heteroatoms. The molecule has 25 heavy (non-hydrogen) atoms. The van der Waals surface area contributed by atoms with E-state index in [1.807, 2.05) is 23.4 Å². The second-order valence-corrected chi connectivity index (χ2v) is 7.22. The van der Waals surface area contributed by atoms with Crippen molar-refractivity contribution >= 4 is 11.8 Å². The van der Waals surface area contributed by atoms with Crippen molar-refractivity contribution in [2.24, 2.45) is 12.8 Å². The molecule has 2 fully saturated rings. The molecule has 1 aliphatic heterocycles. The molecule has 2 N–H and O–H groups in total. The van der Waals surface area contributed by atoms with Crippen LogP contribution in [0.2, 0.25) is 0 Å². The smallest absolute Gasteiger partial charge is 0.234 e. The summed E-state index contributed by atoms with van der Waals surface area (Å²) in [6, 6.07) is -0.179. The van der Waals surface area contributed by atoms with Gasteiger partial charge < -0.3 is 15.2 Å². The van der Waals surface area contributed by atoms with Gasteiger partial charge in [0.25, 0.3) is 0 Å². The number of carbonyl (C=O) groups is 2. The van der Waals surface area contributed by atoms with Gasteiger partial charge in [0.2, 0.25) is 11.8 Å². The van der Waals surface area contributed by atoms with Crippen LogP contribution in [-0.4, -0.2) is 61.6 Å². The number of nitrogens with zero attached hydrogens (tertiary/aromatic N) is 5. The molecule has 1 aromatic rings. The summed E-state index contributed by atoms with van der Waals surface area (Å²) in [6.07, 6.45) is 3.88. The average Bonchev–Trinajstić information content (AvgIpc) is 3.17. The number of primary amides is 1. The molecule has 1 saturated heterocycles. The minimum atomic E-state index is -0.292. The monoisotopic (exact) mass is 348 g/mol. The number of hydrogen-bond acceptors (Lipinski definition) is 5. The molecule has 0 spiro atoms. The Kier molecular flexibility index (Phi) is 5.08. The van der Waals surface area contributed by atoms with E-state index in [0.29, 0.717) is 25.4 Å². The molecule has 3 rings (SSSR count). The van der Waals surface area contributed by atoms with Gasteiger partial charge in [-0.2, -0.15) is 0 Å². The van der Waals surface area contributed by atoms with E-state index in [-0.39, 0.29) is 23.9 Å². The average molecular weight is 348 g/mol. The standard InChI is InChI=1S/C17H28N6O2/c1-4-14(16(18)25)22-8-7-13(9-22)23(11(2)24)10-15-19-20-17(21(15)3)12-5-6-12/h12-14H,4-10H2,1-3H3,(H2,18,25)/t13-,14-/m0/s1. The quantitative estimate of drug-likeness (QED) is 0.768. The number of carbonyl (C=O) groups excluding carboxylic acids is 2. The molecule has 8 nitrogen and oxygen atoms in total. The topological polar surface area (TPSA) is 97.3 Å².